The maximum absolute atomic E-state index is 10.1. The van der Waals surface area contributed by atoms with Gasteiger partial charge in [0.15, 0.2) is 5.79 Å². The normalized spacial score (nSPS) is 17.8. The molecule has 2 nitrogen and oxygen atoms in total. The highest BCUT2D eigenvalue weighted by molar-refractivity contribution is 4.68. The van der Waals surface area contributed by atoms with Gasteiger partial charge in [0.2, 0.25) is 0 Å². The van der Waals surface area contributed by atoms with Gasteiger partial charge in [-0.15, -0.1) is 0 Å². The standard InChI is InChI=1S/C12H26O2/c1-5-9-11(7-3)14-12(13,8-4)10-6-2/h11,13H,5-10H2,1-4H3. The van der Waals surface area contributed by atoms with E-state index in [4.69, 9.17) is 4.74 Å². The average Bonchev–Trinajstić information content (AvgIpc) is 2.17. The number of hydrogen-bond donors (Lipinski definition) is 1. The Hall–Kier alpha value is -0.0800. The Labute approximate surface area is 88.7 Å². The fraction of sp³-hybridized carbons (Fsp3) is 1.00. The third-order valence-corrected chi connectivity index (χ3v) is 2.65. The molecule has 2 unspecified atom stereocenters. The highest BCUT2D eigenvalue weighted by Gasteiger charge is 2.27. The molecule has 2 heteroatoms. The summed E-state index contributed by atoms with van der Waals surface area (Å²) in [5.74, 6) is -0.884. The molecule has 1 N–H and O–H groups in total. The molecular weight excluding hydrogens is 176 g/mol. The van der Waals surface area contributed by atoms with Crippen LogP contribution in [-0.4, -0.2) is 17.0 Å². The van der Waals surface area contributed by atoms with Crippen LogP contribution < -0.4 is 0 Å². The minimum atomic E-state index is -0.884. The van der Waals surface area contributed by atoms with E-state index in [9.17, 15) is 5.11 Å². The predicted octanol–water partition coefficient (Wildman–Crippen LogP) is 3.48. The van der Waals surface area contributed by atoms with E-state index >= 15 is 0 Å². The van der Waals surface area contributed by atoms with Crippen LogP contribution in [0.2, 0.25) is 0 Å². The van der Waals surface area contributed by atoms with Crippen molar-refractivity contribution < 1.29 is 9.84 Å². The largest absolute Gasteiger partial charge is 0.365 e. The van der Waals surface area contributed by atoms with Crippen LogP contribution in [-0.2, 0) is 4.74 Å². The van der Waals surface area contributed by atoms with Gasteiger partial charge in [0.25, 0.3) is 0 Å². The summed E-state index contributed by atoms with van der Waals surface area (Å²) in [5, 5.41) is 10.1. The molecular formula is C12H26O2. The molecule has 0 spiro atoms. The molecule has 0 bridgehead atoms. The second-order valence-corrected chi connectivity index (χ2v) is 3.99. The van der Waals surface area contributed by atoms with E-state index in [-0.39, 0.29) is 6.10 Å². The minimum absolute atomic E-state index is 0.219. The van der Waals surface area contributed by atoms with E-state index in [1.54, 1.807) is 0 Å². The molecule has 0 aliphatic carbocycles. The molecule has 0 fully saturated rings. The molecule has 0 saturated carbocycles. The van der Waals surface area contributed by atoms with Crippen LogP contribution in [0.1, 0.15) is 66.2 Å². The zero-order chi connectivity index (χ0) is 11.0. The number of ether oxygens (including phenoxy) is 1. The first-order chi connectivity index (χ1) is 6.61. The number of hydrogen-bond acceptors (Lipinski definition) is 2. The Balaban J connectivity index is 4.11. The third kappa shape index (κ3) is 4.97. The lowest BCUT2D eigenvalue weighted by Gasteiger charge is -2.31. The second-order valence-electron chi connectivity index (χ2n) is 3.99. The van der Waals surface area contributed by atoms with Gasteiger partial charge in [-0.1, -0.05) is 40.5 Å². The quantitative estimate of drug-likeness (QED) is 0.611. The molecule has 0 aliphatic heterocycles. The Morgan fingerprint density at radius 3 is 2.14 bits per heavy atom. The fourth-order valence-electron chi connectivity index (χ4n) is 1.69. The molecule has 2 atom stereocenters. The smallest absolute Gasteiger partial charge is 0.165 e. The maximum atomic E-state index is 10.1. The third-order valence-electron chi connectivity index (χ3n) is 2.65. The molecule has 0 rings (SSSR count). The van der Waals surface area contributed by atoms with E-state index in [0.29, 0.717) is 6.42 Å². The van der Waals surface area contributed by atoms with E-state index in [2.05, 4.69) is 20.8 Å². The zero-order valence-corrected chi connectivity index (χ0v) is 10.2. The molecule has 0 heterocycles. The zero-order valence-electron chi connectivity index (χ0n) is 10.2. The Morgan fingerprint density at radius 1 is 1.14 bits per heavy atom. The maximum Gasteiger partial charge on any atom is 0.165 e. The van der Waals surface area contributed by atoms with Crippen molar-refractivity contribution in [2.45, 2.75) is 78.1 Å². The Morgan fingerprint density at radius 2 is 1.79 bits per heavy atom. The van der Waals surface area contributed by atoms with Crippen molar-refractivity contribution in [1.82, 2.24) is 0 Å². The first-order valence-electron chi connectivity index (χ1n) is 6.02. The van der Waals surface area contributed by atoms with E-state index in [0.717, 1.165) is 32.1 Å². The van der Waals surface area contributed by atoms with Gasteiger partial charge < -0.3 is 9.84 Å². The van der Waals surface area contributed by atoms with E-state index < -0.39 is 5.79 Å². The second kappa shape index (κ2) is 7.24. The van der Waals surface area contributed by atoms with Gasteiger partial charge >= 0.3 is 0 Å². The summed E-state index contributed by atoms with van der Waals surface area (Å²) in [6.07, 6.45) is 5.75. The SMILES string of the molecule is CCCC(CC)OC(O)(CC)CCC. The summed E-state index contributed by atoms with van der Waals surface area (Å²) in [7, 11) is 0. The molecule has 0 saturated heterocycles. The first-order valence-corrected chi connectivity index (χ1v) is 6.02. The molecule has 0 aromatic carbocycles. The summed E-state index contributed by atoms with van der Waals surface area (Å²) in [6, 6.07) is 0. The van der Waals surface area contributed by atoms with E-state index in [1.807, 2.05) is 6.92 Å². The van der Waals surface area contributed by atoms with Crippen molar-refractivity contribution in [3.63, 3.8) is 0 Å². The van der Waals surface area contributed by atoms with Gasteiger partial charge in [-0.05, 0) is 19.3 Å². The highest BCUT2D eigenvalue weighted by atomic mass is 16.6. The van der Waals surface area contributed by atoms with E-state index in [1.165, 1.54) is 0 Å². The van der Waals surface area contributed by atoms with Crippen LogP contribution in [0.15, 0.2) is 0 Å². The van der Waals surface area contributed by atoms with Crippen molar-refractivity contribution in [3.8, 4) is 0 Å². The lowest BCUT2D eigenvalue weighted by molar-refractivity contribution is -0.237. The predicted molar refractivity (Wildman–Crippen MR) is 60.2 cm³/mol. The summed E-state index contributed by atoms with van der Waals surface area (Å²) in [4.78, 5) is 0. The van der Waals surface area contributed by atoms with Crippen molar-refractivity contribution in [2.75, 3.05) is 0 Å². The van der Waals surface area contributed by atoms with Crippen LogP contribution in [0.3, 0.4) is 0 Å². The van der Waals surface area contributed by atoms with Gasteiger partial charge in [0.05, 0.1) is 6.10 Å². The van der Waals surface area contributed by atoms with Crippen molar-refractivity contribution >= 4 is 0 Å². The van der Waals surface area contributed by atoms with Gasteiger partial charge in [-0.3, -0.25) is 0 Å². The van der Waals surface area contributed by atoms with Crippen LogP contribution >= 0.6 is 0 Å². The van der Waals surface area contributed by atoms with Crippen molar-refractivity contribution in [3.05, 3.63) is 0 Å². The molecule has 0 aromatic rings. The lowest BCUT2D eigenvalue weighted by atomic mass is 10.1. The van der Waals surface area contributed by atoms with Gasteiger partial charge in [-0.25, -0.2) is 0 Å². The van der Waals surface area contributed by atoms with Crippen molar-refractivity contribution in [1.29, 1.82) is 0 Å². The van der Waals surface area contributed by atoms with Gasteiger partial charge in [0.1, 0.15) is 0 Å². The molecule has 86 valence electrons. The highest BCUT2D eigenvalue weighted by Crippen LogP contribution is 2.23. The number of rotatable bonds is 8. The summed E-state index contributed by atoms with van der Waals surface area (Å²) in [5.41, 5.74) is 0. The van der Waals surface area contributed by atoms with Gasteiger partial charge in [0, 0.05) is 6.42 Å². The van der Waals surface area contributed by atoms with Crippen molar-refractivity contribution in [2.24, 2.45) is 0 Å². The Bertz CT molecular complexity index is 136. The molecule has 14 heavy (non-hydrogen) atoms. The number of aliphatic hydroxyl groups is 1. The summed E-state index contributed by atoms with van der Waals surface area (Å²) in [6.45, 7) is 8.32. The Kier molecular flexibility index (Phi) is 7.20. The van der Waals surface area contributed by atoms with Crippen LogP contribution in [0.4, 0.5) is 0 Å². The average molecular weight is 202 g/mol. The fourth-order valence-corrected chi connectivity index (χ4v) is 1.69. The topological polar surface area (TPSA) is 29.5 Å². The molecule has 0 amide bonds. The molecule has 0 aliphatic rings. The minimum Gasteiger partial charge on any atom is -0.365 e. The first kappa shape index (κ1) is 13.9. The van der Waals surface area contributed by atoms with Crippen LogP contribution in [0.5, 0.6) is 0 Å². The van der Waals surface area contributed by atoms with Gasteiger partial charge in [-0.2, -0.15) is 0 Å². The summed E-state index contributed by atoms with van der Waals surface area (Å²) < 4.78 is 5.77. The van der Waals surface area contributed by atoms with Crippen LogP contribution in [0.25, 0.3) is 0 Å². The summed E-state index contributed by atoms with van der Waals surface area (Å²) >= 11 is 0. The molecule has 0 radical (unpaired) electrons. The lowest BCUT2D eigenvalue weighted by Crippen LogP contribution is -2.35. The van der Waals surface area contributed by atoms with Crippen LogP contribution in [0, 0.1) is 0 Å². The monoisotopic (exact) mass is 202 g/mol. The molecule has 0 aromatic heterocycles.